The number of hydrogen-bond acceptors (Lipinski definition) is 5. The van der Waals surface area contributed by atoms with Gasteiger partial charge in [-0.05, 0) is 64.9 Å². The molecule has 3 atom stereocenters. The lowest BCUT2D eigenvalue weighted by atomic mass is 9.83. The van der Waals surface area contributed by atoms with Crippen LogP contribution >= 0.6 is 0 Å². The van der Waals surface area contributed by atoms with Gasteiger partial charge < -0.3 is 14.3 Å². The molecular weight excluding hydrogens is 394 g/mol. The monoisotopic (exact) mass is 427 g/mol. The van der Waals surface area contributed by atoms with Crippen molar-refractivity contribution in [3.05, 3.63) is 47.5 Å². The molecule has 1 aromatic rings. The highest BCUT2D eigenvalue weighted by Crippen LogP contribution is 2.37. The van der Waals surface area contributed by atoms with Gasteiger partial charge in [-0.2, -0.15) is 0 Å². The van der Waals surface area contributed by atoms with E-state index in [1.807, 2.05) is 37.3 Å². The van der Waals surface area contributed by atoms with Crippen LogP contribution in [-0.2, 0) is 25.7 Å². The number of likely N-dealkylation sites (tertiary alicyclic amines) is 1. The Kier molecular flexibility index (Phi) is 7.19. The lowest BCUT2D eigenvalue weighted by molar-refractivity contribution is -0.157. The van der Waals surface area contributed by atoms with Crippen molar-refractivity contribution in [1.29, 1.82) is 0 Å². The minimum Gasteiger partial charge on any atom is -0.459 e. The van der Waals surface area contributed by atoms with E-state index < -0.39 is 29.6 Å². The molecule has 1 saturated heterocycles. The van der Waals surface area contributed by atoms with E-state index in [-0.39, 0.29) is 12.6 Å². The summed E-state index contributed by atoms with van der Waals surface area (Å²) in [5.41, 5.74) is 1.17. The Balaban J connectivity index is 1.88. The Morgan fingerprint density at radius 1 is 1.10 bits per heavy atom. The average molecular weight is 428 g/mol. The van der Waals surface area contributed by atoms with Gasteiger partial charge >= 0.3 is 12.1 Å². The third kappa shape index (κ3) is 6.18. The van der Waals surface area contributed by atoms with Crippen LogP contribution in [0.4, 0.5) is 4.79 Å². The second-order valence-electron chi connectivity index (χ2n) is 9.57. The third-order valence-electron chi connectivity index (χ3n) is 5.71. The van der Waals surface area contributed by atoms with Gasteiger partial charge in [0.2, 0.25) is 0 Å². The Bertz CT molecular complexity index is 822. The fraction of sp³-hybridized carbons (Fsp3) is 0.560. The van der Waals surface area contributed by atoms with Crippen molar-refractivity contribution < 1.29 is 23.9 Å². The highest BCUT2D eigenvalue weighted by atomic mass is 16.6. The van der Waals surface area contributed by atoms with Crippen molar-refractivity contribution >= 4 is 18.3 Å². The molecule has 1 aliphatic heterocycles. The first-order valence-electron chi connectivity index (χ1n) is 11.0. The number of amides is 1. The van der Waals surface area contributed by atoms with E-state index in [0.717, 1.165) is 30.3 Å². The van der Waals surface area contributed by atoms with E-state index in [2.05, 4.69) is 6.08 Å². The largest absolute Gasteiger partial charge is 0.459 e. The van der Waals surface area contributed by atoms with Crippen molar-refractivity contribution in [2.24, 2.45) is 11.8 Å². The van der Waals surface area contributed by atoms with Gasteiger partial charge in [0.05, 0.1) is 6.04 Å². The summed E-state index contributed by atoms with van der Waals surface area (Å²) in [6.45, 7) is 7.45. The number of piperidine rings is 1. The molecule has 6 heteroatoms. The predicted molar refractivity (Wildman–Crippen MR) is 117 cm³/mol. The van der Waals surface area contributed by atoms with Crippen LogP contribution in [0.2, 0.25) is 0 Å². The highest BCUT2D eigenvalue weighted by Gasteiger charge is 2.47. The first-order valence-corrected chi connectivity index (χ1v) is 11.0. The van der Waals surface area contributed by atoms with Crippen LogP contribution in [0, 0.1) is 11.8 Å². The molecule has 3 rings (SSSR count). The van der Waals surface area contributed by atoms with Crippen LogP contribution in [0.1, 0.15) is 58.9 Å². The summed E-state index contributed by atoms with van der Waals surface area (Å²) >= 11 is 0. The number of carbonyl (C=O) groups is 3. The fourth-order valence-corrected chi connectivity index (χ4v) is 4.04. The van der Waals surface area contributed by atoms with E-state index >= 15 is 0 Å². The minimum absolute atomic E-state index is 0.0888. The van der Waals surface area contributed by atoms with E-state index in [0.29, 0.717) is 18.8 Å². The van der Waals surface area contributed by atoms with Crippen LogP contribution in [0.15, 0.2) is 42.0 Å². The Labute approximate surface area is 184 Å². The number of allylic oxidation sites excluding steroid dienone is 1. The summed E-state index contributed by atoms with van der Waals surface area (Å²) in [5, 5.41) is 0. The maximum absolute atomic E-state index is 13.2. The standard InChI is InChI=1S/C25H33NO5/c1-17(14-18-10-11-18)21-13-12-20(15-27)22(26(21)24(29)31-25(2,3)4)23(28)30-16-19-8-6-5-7-9-19/h5-9,14-15,18,20-22H,10-13,16H2,1-4H3/b17-14-/t20-,21+,22+/m1/s1. The normalized spacial score (nSPS) is 24.5. The molecule has 0 spiro atoms. The number of nitrogens with zero attached hydrogens (tertiary/aromatic N) is 1. The van der Waals surface area contributed by atoms with Crippen molar-refractivity contribution in [2.75, 3.05) is 0 Å². The van der Waals surface area contributed by atoms with Gasteiger partial charge in [-0.15, -0.1) is 0 Å². The van der Waals surface area contributed by atoms with Gasteiger partial charge in [0.15, 0.2) is 0 Å². The molecular formula is C25H33NO5. The van der Waals surface area contributed by atoms with Crippen molar-refractivity contribution in [3.63, 3.8) is 0 Å². The molecule has 0 N–H and O–H groups in total. The summed E-state index contributed by atoms with van der Waals surface area (Å²) in [6.07, 6.45) is 5.80. The summed E-state index contributed by atoms with van der Waals surface area (Å²) in [7, 11) is 0. The molecule has 6 nitrogen and oxygen atoms in total. The summed E-state index contributed by atoms with van der Waals surface area (Å²) in [6, 6.07) is 8.06. The third-order valence-corrected chi connectivity index (χ3v) is 5.71. The molecule has 168 valence electrons. The number of ether oxygens (including phenoxy) is 2. The van der Waals surface area contributed by atoms with E-state index in [9.17, 15) is 14.4 Å². The first kappa shape index (κ1) is 23.0. The van der Waals surface area contributed by atoms with Crippen molar-refractivity contribution in [3.8, 4) is 0 Å². The minimum atomic E-state index is -1.00. The van der Waals surface area contributed by atoms with Gasteiger partial charge in [-0.25, -0.2) is 9.59 Å². The van der Waals surface area contributed by atoms with Gasteiger partial charge in [0.25, 0.3) is 0 Å². The Morgan fingerprint density at radius 2 is 1.77 bits per heavy atom. The van der Waals surface area contributed by atoms with Crippen molar-refractivity contribution in [1.82, 2.24) is 4.90 Å². The number of hydrogen-bond donors (Lipinski definition) is 0. The van der Waals surface area contributed by atoms with E-state index in [1.54, 1.807) is 20.8 Å². The molecule has 0 bridgehead atoms. The number of aldehydes is 1. The summed E-state index contributed by atoms with van der Waals surface area (Å²) in [5.74, 6) is -0.663. The molecule has 0 radical (unpaired) electrons. The fourth-order valence-electron chi connectivity index (χ4n) is 4.04. The maximum atomic E-state index is 13.2. The Hall–Kier alpha value is -2.63. The predicted octanol–water partition coefficient (Wildman–Crippen LogP) is 4.67. The SMILES string of the molecule is C/C(=C/C1CC1)[C@@H]1CC[C@H](C=O)[C@@H](C(=O)OCc2ccccc2)N1C(=O)OC(C)(C)C. The second-order valence-corrected chi connectivity index (χ2v) is 9.57. The molecule has 0 aromatic heterocycles. The molecule has 1 aromatic carbocycles. The highest BCUT2D eigenvalue weighted by molar-refractivity contribution is 5.85. The van der Waals surface area contributed by atoms with E-state index in [1.165, 1.54) is 4.90 Å². The zero-order chi connectivity index (χ0) is 22.6. The molecule has 2 fully saturated rings. The number of carbonyl (C=O) groups excluding carboxylic acids is 3. The van der Waals surface area contributed by atoms with Crippen LogP contribution in [0.25, 0.3) is 0 Å². The molecule has 2 aliphatic rings. The quantitative estimate of drug-likeness (QED) is 0.375. The molecule has 1 amide bonds. The molecule has 31 heavy (non-hydrogen) atoms. The Morgan fingerprint density at radius 3 is 2.35 bits per heavy atom. The summed E-state index contributed by atoms with van der Waals surface area (Å²) < 4.78 is 11.2. The zero-order valence-electron chi connectivity index (χ0n) is 18.9. The second kappa shape index (κ2) is 9.67. The van der Waals surface area contributed by atoms with E-state index in [4.69, 9.17) is 9.47 Å². The zero-order valence-corrected chi connectivity index (χ0v) is 18.9. The van der Waals surface area contributed by atoms with Gasteiger partial charge in [0, 0.05) is 5.92 Å². The number of esters is 1. The van der Waals surface area contributed by atoms with Gasteiger partial charge in [-0.3, -0.25) is 4.90 Å². The molecule has 1 aliphatic carbocycles. The average Bonchev–Trinajstić information content (AvgIpc) is 3.54. The lowest BCUT2D eigenvalue weighted by Gasteiger charge is -2.44. The van der Waals surface area contributed by atoms with Gasteiger partial charge in [0.1, 0.15) is 24.5 Å². The summed E-state index contributed by atoms with van der Waals surface area (Å²) in [4.78, 5) is 39.7. The first-order chi connectivity index (χ1) is 14.7. The maximum Gasteiger partial charge on any atom is 0.411 e. The number of rotatable bonds is 6. The smallest absolute Gasteiger partial charge is 0.411 e. The molecule has 1 saturated carbocycles. The number of benzene rings is 1. The molecule has 0 unspecified atom stereocenters. The van der Waals surface area contributed by atoms with Gasteiger partial charge in [-0.1, -0.05) is 42.0 Å². The lowest BCUT2D eigenvalue weighted by Crippen LogP contribution is -2.59. The van der Waals surface area contributed by atoms with Crippen LogP contribution in [0.3, 0.4) is 0 Å². The van der Waals surface area contributed by atoms with Crippen LogP contribution in [-0.4, -0.2) is 40.9 Å². The van der Waals surface area contributed by atoms with Crippen molar-refractivity contribution in [2.45, 2.75) is 77.7 Å². The van der Waals surface area contributed by atoms with Crippen LogP contribution < -0.4 is 0 Å². The van der Waals surface area contributed by atoms with Crippen LogP contribution in [0.5, 0.6) is 0 Å². The topological polar surface area (TPSA) is 72.9 Å². The molecule has 1 heterocycles.